The molecule has 0 radical (unpaired) electrons. The van der Waals surface area contributed by atoms with Crippen molar-refractivity contribution in [2.45, 2.75) is 31.0 Å². The van der Waals surface area contributed by atoms with Gasteiger partial charge < -0.3 is 0 Å². The van der Waals surface area contributed by atoms with Crippen LogP contribution in [0, 0.1) is 6.92 Å². The third kappa shape index (κ3) is 3.38. The van der Waals surface area contributed by atoms with Crippen LogP contribution in [0.3, 0.4) is 0 Å². The molecular formula is C17H20N2O2S. The lowest BCUT2D eigenvalue weighted by atomic mass is 10.1. The lowest BCUT2D eigenvalue weighted by Gasteiger charge is -2.41. The Balaban J connectivity index is 1.66. The number of benzene rings is 2. The first-order valence-corrected chi connectivity index (χ1v) is 8.90. The van der Waals surface area contributed by atoms with Crippen LogP contribution >= 0.6 is 0 Å². The van der Waals surface area contributed by atoms with Crippen molar-refractivity contribution in [3.8, 4) is 0 Å². The number of hydrogen-bond donors (Lipinski definition) is 1. The molecule has 1 atom stereocenters. The van der Waals surface area contributed by atoms with Gasteiger partial charge in [-0.2, -0.15) is 4.72 Å². The predicted octanol–water partition coefficient (Wildman–Crippen LogP) is 2.51. The first kappa shape index (κ1) is 15.2. The summed E-state index contributed by atoms with van der Waals surface area (Å²) in [6.45, 7) is 3.62. The Morgan fingerprint density at radius 2 is 1.77 bits per heavy atom. The van der Waals surface area contributed by atoms with Crippen LogP contribution in [-0.4, -0.2) is 26.0 Å². The van der Waals surface area contributed by atoms with Crippen molar-refractivity contribution < 1.29 is 8.42 Å². The third-order valence-electron chi connectivity index (χ3n) is 3.98. The van der Waals surface area contributed by atoms with E-state index in [9.17, 15) is 8.42 Å². The zero-order valence-electron chi connectivity index (χ0n) is 12.6. The molecule has 0 amide bonds. The summed E-state index contributed by atoms with van der Waals surface area (Å²) in [6, 6.07) is 17.0. The fourth-order valence-electron chi connectivity index (χ4n) is 2.55. The van der Waals surface area contributed by atoms with Gasteiger partial charge in [-0.05, 0) is 31.0 Å². The highest BCUT2D eigenvalue weighted by Gasteiger charge is 2.31. The van der Waals surface area contributed by atoms with Crippen molar-refractivity contribution in [1.29, 1.82) is 0 Å². The highest BCUT2D eigenvalue weighted by atomic mass is 32.2. The molecule has 1 unspecified atom stereocenters. The lowest BCUT2D eigenvalue weighted by Crippen LogP contribution is -2.56. The molecule has 0 saturated carbocycles. The zero-order chi connectivity index (χ0) is 15.6. The topological polar surface area (TPSA) is 49.4 Å². The van der Waals surface area contributed by atoms with Crippen molar-refractivity contribution in [2.75, 3.05) is 6.54 Å². The number of nitrogens with one attached hydrogen (secondary N) is 1. The summed E-state index contributed by atoms with van der Waals surface area (Å²) in [5.41, 5.74) is 2.25. The molecular weight excluding hydrogens is 296 g/mol. The Kier molecular flexibility index (Phi) is 4.29. The summed E-state index contributed by atoms with van der Waals surface area (Å²) >= 11 is 0. The molecule has 0 spiro atoms. The van der Waals surface area contributed by atoms with Crippen LogP contribution < -0.4 is 4.72 Å². The van der Waals surface area contributed by atoms with Gasteiger partial charge in [0.15, 0.2) is 0 Å². The van der Waals surface area contributed by atoms with Gasteiger partial charge in [-0.25, -0.2) is 8.42 Å². The van der Waals surface area contributed by atoms with Gasteiger partial charge in [0.25, 0.3) is 0 Å². The molecule has 0 aromatic heterocycles. The summed E-state index contributed by atoms with van der Waals surface area (Å²) in [4.78, 5) is 2.46. The standard InChI is InChI=1S/C17H20N2O2S/c1-14-7-9-16(10-8-14)22(20,21)18-17-11-12-19(17)13-15-5-3-2-4-6-15/h2-10,17-18H,11-13H2,1H3. The van der Waals surface area contributed by atoms with E-state index in [1.165, 1.54) is 5.56 Å². The normalized spacial score (nSPS) is 18.9. The second-order valence-electron chi connectivity index (χ2n) is 5.69. The van der Waals surface area contributed by atoms with E-state index in [4.69, 9.17) is 0 Å². The minimum Gasteiger partial charge on any atom is -0.283 e. The molecule has 116 valence electrons. The van der Waals surface area contributed by atoms with Crippen LogP contribution in [-0.2, 0) is 16.6 Å². The maximum atomic E-state index is 12.4. The quantitative estimate of drug-likeness (QED) is 0.922. The number of hydrogen-bond acceptors (Lipinski definition) is 3. The van der Waals surface area contributed by atoms with Crippen LogP contribution in [0.15, 0.2) is 59.5 Å². The fourth-order valence-corrected chi connectivity index (χ4v) is 3.80. The van der Waals surface area contributed by atoms with E-state index in [2.05, 4.69) is 21.8 Å². The van der Waals surface area contributed by atoms with E-state index >= 15 is 0 Å². The summed E-state index contributed by atoms with van der Waals surface area (Å²) in [6.07, 6.45) is 0.726. The van der Waals surface area contributed by atoms with Crippen molar-refractivity contribution in [2.24, 2.45) is 0 Å². The molecule has 1 saturated heterocycles. The van der Waals surface area contributed by atoms with Gasteiger partial charge in [0.05, 0.1) is 11.1 Å². The van der Waals surface area contributed by atoms with Gasteiger partial charge in [-0.3, -0.25) is 4.90 Å². The second-order valence-corrected chi connectivity index (χ2v) is 7.41. The van der Waals surface area contributed by atoms with Gasteiger partial charge in [0, 0.05) is 13.1 Å². The Labute approximate surface area is 131 Å². The van der Waals surface area contributed by atoms with E-state index in [-0.39, 0.29) is 6.17 Å². The molecule has 1 heterocycles. The molecule has 1 fully saturated rings. The Morgan fingerprint density at radius 3 is 2.36 bits per heavy atom. The Hall–Kier alpha value is -1.69. The third-order valence-corrected chi connectivity index (χ3v) is 5.46. The van der Waals surface area contributed by atoms with Crippen molar-refractivity contribution >= 4 is 10.0 Å². The van der Waals surface area contributed by atoms with Gasteiger partial charge in [-0.1, -0.05) is 48.0 Å². The Morgan fingerprint density at radius 1 is 1.09 bits per heavy atom. The average molecular weight is 316 g/mol. The largest absolute Gasteiger partial charge is 0.283 e. The maximum Gasteiger partial charge on any atom is 0.241 e. The summed E-state index contributed by atoms with van der Waals surface area (Å²) < 4.78 is 27.6. The number of rotatable bonds is 5. The van der Waals surface area contributed by atoms with Crippen LogP contribution in [0.5, 0.6) is 0 Å². The van der Waals surface area contributed by atoms with Crippen LogP contribution in [0.1, 0.15) is 17.5 Å². The molecule has 1 aliphatic heterocycles. The van der Waals surface area contributed by atoms with Crippen molar-refractivity contribution in [1.82, 2.24) is 9.62 Å². The number of nitrogens with zero attached hydrogens (tertiary/aromatic N) is 1. The van der Waals surface area contributed by atoms with Crippen molar-refractivity contribution in [3.05, 3.63) is 65.7 Å². The molecule has 2 aromatic rings. The molecule has 4 nitrogen and oxygen atoms in total. The van der Waals surface area contributed by atoms with Gasteiger partial charge >= 0.3 is 0 Å². The van der Waals surface area contributed by atoms with Crippen LogP contribution in [0.25, 0.3) is 0 Å². The molecule has 22 heavy (non-hydrogen) atoms. The first-order chi connectivity index (χ1) is 10.5. The lowest BCUT2D eigenvalue weighted by molar-refractivity contribution is 0.0738. The number of likely N-dealkylation sites (tertiary alicyclic amines) is 1. The second kappa shape index (κ2) is 6.20. The molecule has 2 aromatic carbocycles. The molecule has 0 aliphatic carbocycles. The average Bonchev–Trinajstić information content (AvgIpc) is 2.51. The maximum absolute atomic E-state index is 12.4. The fraction of sp³-hybridized carbons (Fsp3) is 0.294. The summed E-state index contributed by atoms with van der Waals surface area (Å²) in [7, 11) is -3.45. The summed E-state index contributed by atoms with van der Waals surface area (Å²) in [5, 5.41) is 0. The van der Waals surface area contributed by atoms with Gasteiger partial charge in [0.1, 0.15) is 0 Å². The molecule has 5 heteroatoms. The molecule has 3 rings (SSSR count). The molecule has 1 N–H and O–H groups in total. The Bertz CT molecular complexity index is 727. The predicted molar refractivity (Wildman–Crippen MR) is 86.8 cm³/mol. The van der Waals surface area contributed by atoms with Crippen LogP contribution in [0.4, 0.5) is 0 Å². The number of aryl methyl sites for hydroxylation is 1. The summed E-state index contributed by atoms with van der Waals surface area (Å²) in [5.74, 6) is 0. The minimum atomic E-state index is -3.45. The highest BCUT2D eigenvalue weighted by Crippen LogP contribution is 2.21. The highest BCUT2D eigenvalue weighted by molar-refractivity contribution is 7.89. The monoisotopic (exact) mass is 316 g/mol. The SMILES string of the molecule is Cc1ccc(S(=O)(=O)NC2CCN2Cc2ccccc2)cc1. The van der Waals surface area contributed by atoms with Crippen molar-refractivity contribution in [3.63, 3.8) is 0 Å². The minimum absolute atomic E-state index is 0.119. The smallest absolute Gasteiger partial charge is 0.241 e. The van der Waals surface area contributed by atoms with E-state index < -0.39 is 10.0 Å². The van der Waals surface area contributed by atoms with E-state index in [1.54, 1.807) is 12.1 Å². The number of sulfonamides is 1. The van der Waals surface area contributed by atoms with E-state index in [0.717, 1.165) is 25.1 Å². The van der Waals surface area contributed by atoms with E-state index in [0.29, 0.717) is 4.90 Å². The molecule has 0 bridgehead atoms. The first-order valence-electron chi connectivity index (χ1n) is 7.41. The zero-order valence-corrected chi connectivity index (χ0v) is 13.4. The van der Waals surface area contributed by atoms with Gasteiger partial charge in [-0.15, -0.1) is 0 Å². The molecule has 1 aliphatic rings. The van der Waals surface area contributed by atoms with E-state index in [1.807, 2.05) is 37.3 Å². The van der Waals surface area contributed by atoms with Gasteiger partial charge in [0.2, 0.25) is 10.0 Å². The van der Waals surface area contributed by atoms with Crippen LogP contribution in [0.2, 0.25) is 0 Å².